The van der Waals surface area contributed by atoms with E-state index in [1.165, 1.54) is 115 Å². The molecule has 180 valence electrons. The van der Waals surface area contributed by atoms with Crippen molar-refractivity contribution in [1.82, 2.24) is 0 Å². The second-order valence-corrected chi connectivity index (χ2v) is 9.90. The number of rotatable bonds is 20. The molecule has 0 spiro atoms. The predicted molar refractivity (Wildman–Crippen MR) is 136 cm³/mol. The fourth-order valence-corrected chi connectivity index (χ4v) is 4.28. The molecule has 0 atom stereocenters. The fraction of sp³-hybridized carbons (Fsp3) is 0.724. The summed E-state index contributed by atoms with van der Waals surface area (Å²) >= 11 is 0. The highest BCUT2D eigenvalue weighted by atomic mass is 35.5. The van der Waals surface area contributed by atoms with Crippen LogP contribution in [-0.4, -0.2) is 18.6 Å². The van der Waals surface area contributed by atoms with E-state index in [2.05, 4.69) is 63.6 Å². The fourth-order valence-electron chi connectivity index (χ4n) is 4.28. The average Bonchev–Trinajstić information content (AvgIpc) is 2.73. The Morgan fingerprint density at radius 2 is 1.03 bits per heavy atom. The third-order valence-corrected chi connectivity index (χ3v) is 6.17. The summed E-state index contributed by atoms with van der Waals surface area (Å²) in [6.45, 7) is 3.36. The van der Waals surface area contributed by atoms with Gasteiger partial charge in [-0.25, -0.2) is 0 Å². The zero-order valence-corrected chi connectivity index (χ0v) is 21.9. The van der Waals surface area contributed by atoms with Crippen LogP contribution in [-0.2, 0) is 6.54 Å². The Morgan fingerprint density at radius 3 is 1.48 bits per heavy atom. The van der Waals surface area contributed by atoms with Gasteiger partial charge >= 0.3 is 0 Å². The van der Waals surface area contributed by atoms with Gasteiger partial charge in [-0.05, 0) is 18.9 Å². The molecule has 0 aromatic heterocycles. The van der Waals surface area contributed by atoms with Crippen LogP contribution in [0.25, 0.3) is 0 Å². The lowest BCUT2D eigenvalue weighted by molar-refractivity contribution is -0.852. The van der Waals surface area contributed by atoms with Crippen LogP contribution in [0.3, 0.4) is 0 Å². The number of hydrogen-bond acceptors (Lipinski definition) is 0. The van der Waals surface area contributed by atoms with E-state index in [0.29, 0.717) is 0 Å². The van der Waals surface area contributed by atoms with Crippen LogP contribution < -0.4 is 12.4 Å². The average molecular weight is 450 g/mol. The highest BCUT2D eigenvalue weighted by Crippen LogP contribution is 2.15. The van der Waals surface area contributed by atoms with Gasteiger partial charge in [0.25, 0.3) is 0 Å². The van der Waals surface area contributed by atoms with Crippen molar-refractivity contribution in [3.05, 3.63) is 48.2 Å². The van der Waals surface area contributed by atoms with Crippen molar-refractivity contribution in [2.75, 3.05) is 14.1 Å². The molecular weight excluding hydrogens is 398 g/mol. The number of allylic oxidation sites excluding steroid dienone is 1. The van der Waals surface area contributed by atoms with E-state index in [-0.39, 0.29) is 12.4 Å². The van der Waals surface area contributed by atoms with E-state index in [1.807, 2.05) is 0 Å². The smallest absolute Gasteiger partial charge is 0.108 e. The SMILES string of the molecule is CCCCCCCCCCCCCCCCCCC=C[N+](C)(C)Cc1ccccc1.[Cl-]. The Hall–Kier alpha value is -0.790. The number of nitrogens with zero attached hydrogens (tertiary/aromatic N) is 1. The van der Waals surface area contributed by atoms with Gasteiger partial charge in [0.15, 0.2) is 0 Å². The van der Waals surface area contributed by atoms with Gasteiger partial charge in [0.05, 0.1) is 20.3 Å². The Labute approximate surface area is 201 Å². The third kappa shape index (κ3) is 19.6. The summed E-state index contributed by atoms with van der Waals surface area (Å²) in [5, 5.41) is 0. The summed E-state index contributed by atoms with van der Waals surface area (Å²) in [5.41, 5.74) is 1.41. The Morgan fingerprint density at radius 1 is 0.613 bits per heavy atom. The molecule has 2 heteroatoms. The summed E-state index contributed by atoms with van der Waals surface area (Å²) in [4.78, 5) is 0. The molecule has 0 aliphatic heterocycles. The van der Waals surface area contributed by atoms with E-state index in [1.54, 1.807) is 0 Å². The minimum Gasteiger partial charge on any atom is -1.00 e. The molecule has 0 radical (unpaired) electrons. The lowest BCUT2D eigenvalue weighted by Crippen LogP contribution is -3.00. The number of benzene rings is 1. The van der Waals surface area contributed by atoms with Gasteiger partial charge in [-0.3, -0.25) is 4.48 Å². The van der Waals surface area contributed by atoms with Gasteiger partial charge in [0, 0.05) is 5.56 Å². The standard InChI is InChI=1S/C29H52N.ClH/c1-4-5-6-7-8-9-10-11-12-13-14-15-16-17-18-19-20-24-27-30(2,3)28-29-25-22-21-23-26-29;/h21-27H,4-20,28H2,1-3H3;1H/q+1;/p-1. The van der Waals surface area contributed by atoms with Crippen LogP contribution in [0.5, 0.6) is 0 Å². The lowest BCUT2D eigenvalue weighted by atomic mass is 10.0. The maximum atomic E-state index is 2.40. The van der Waals surface area contributed by atoms with E-state index >= 15 is 0 Å². The number of quaternary nitrogens is 1. The number of hydrogen-bond donors (Lipinski definition) is 0. The van der Waals surface area contributed by atoms with Crippen molar-refractivity contribution >= 4 is 0 Å². The largest absolute Gasteiger partial charge is 1.00 e. The van der Waals surface area contributed by atoms with Gasteiger partial charge in [-0.2, -0.15) is 0 Å². The zero-order valence-electron chi connectivity index (χ0n) is 21.1. The molecule has 1 aromatic carbocycles. The molecule has 1 rings (SSSR count). The van der Waals surface area contributed by atoms with Crippen LogP contribution in [0.2, 0.25) is 0 Å². The van der Waals surface area contributed by atoms with E-state index in [4.69, 9.17) is 0 Å². The van der Waals surface area contributed by atoms with E-state index in [0.717, 1.165) is 11.0 Å². The van der Waals surface area contributed by atoms with Gasteiger partial charge in [-0.1, -0.05) is 134 Å². The molecular formula is C29H52ClN. The Kier molecular flexibility index (Phi) is 20.5. The highest BCUT2D eigenvalue weighted by Gasteiger charge is 2.11. The van der Waals surface area contributed by atoms with Crippen molar-refractivity contribution in [2.24, 2.45) is 0 Å². The van der Waals surface area contributed by atoms with Crippen LogP contribution in [0, 0.1) is 0 Å². The summed E-state index contributed by atoms with van der Waals surface area (Å²) in [7, 11) is 4.58. The van der Waals surface area contributed by atoms with Gasteiger partial charge < -0.3 is 12.4 Å². The molecule has 1 aromatic rings. The molecule has 0 saturated carbocycles. The lowest BCUT2D eigenvalue weighted by Gasteiger charge is -2.25. The van der Waals surface area contributed by atoms with Crippen molar-refractivity contribution < 1.29 is 16.9 Å². The summed E-state index contributed by atoms with van der Waals surface area (Å²) < 4.78 is 0.933. The molecule has 0 fully saturated rings. The first-order chi connectivity index (χ1) is 14.6. The quantitative estimate of drug-likeness (QED) is 0.159. The summed E-state index contributed by atoms with van der Waals surface area (Å²) in [6, 6.07) is 10.8. The topological polar surface area (TPSA) is 0 Å². The van der Waals surface area contributed by atoms with Crippen LogP contribution in [0.1, 0.15) is 122 Å². The van der Waals surface area contributed by atoms with E-state index < -0.39 is 0 Å². The van der Waals surface area contributed by atoms with Crippen molar-refractivity contribution in [1.29, 1.82) is 0 Å². The first kappa shape index (κ1) is 30.2. The number of halogens is 1. The second kappa shape index (κ2) is 21.1. The van der Waals surface area contributed by atoms with Gasteiger partial charge in [-0.15, -0.1) is 0 Å². The molecule has 0 N–H and O–H groups in total. The molecule has 0 unspecified atom stereocenters. The first-order valence-electron chi connectivity index (χ1n) is 13.2. The molecule has 31 heavy (non-hydrogen) atoms. The monoisotopic (exact) mass is 449 g/mol. The highest BCUT2D eigenvalue weighted by molar-refractivity contribution is 5.13. The minimum absolute atomic E-state index is 0. The maximum absolute atomic E-state index is 2.40. The van der Waals surface area contributed by atoms with Crippen molar-refractivity contribution in [2.45, 2.75) is 123 Å². The molecule has 0 amide bonds. The number of unbranched alkanes of at least 4 members (excludes halogenated alkanes) is 16. The maximum Gasteiger partial charge on any atom is 0.108 e. The Balaban J connectivity index is 0.00000900. The van der Waals surface area contributed by atoms with Gasteiger partial charge in [0.1, 0.15) is 6.54 Å². The molecule has 0 heterocycles. The normalized spacial score (nSPS) is 11.7. The minimum atomic E-state index is 0. The van der Waals surface area contributed by atoms with Crippen LogP contribution in [0.4, 0.5) is 0 Å². The third-order valence-electron chi connectivity index (χ3n) is 6.17. The van der Waals surface area contributed by atoms with Crippen LogP contribution >= 0.6 is 0 Å². The molecule has 0 saturated heterocycles. The van der Waals surface area contributed by atoms with Gasteiger partial charge in [0.2, 0.25) is 0 Å². The van der Waals surface area contributed by atoms with E-state index in [9.17, 15) is 0 Å². The van der Waals surface area contributed by atoms with Crippen LogP contribution in [0.15, 0.2) is 42.6 Å². The summed E-state index contributed by atoms with van der Waals surface area (Å²) in [5.74, 6) is 0. The predicted octanol–water partition coefficient (Wildman–Crippen LogP) is 6.43. The second-order valence-electron chi connectivity index (χ2n) is 9.90. The molecule has 0 bridgehead atoms. The molecule has 0 aliphatic carbocycles. The Bertz CT molecular complexity index is 509. The summed E-state index contributed by atoms with van der Waals surface area (Å²) in [6.07, 6.45) is 29.1. The first-order valence-corrected chi connectivity index (χ1v) is 13.2. The molecule has 0 aliphatic rings. The molecule has 1 nitrogen and oxygen atoms in total. The van der Waals surface area contributed by atoms with Crippen molar-refractivity contribution in [3.8, 4) is 0 Å². The van der Waals surface area contributed by atoms with Crippen molar-refractivity contribution in [3.63, 3.8) is 0 Å². The zero-order chi connectivity index (χ0) is 21.8.